The summed E-state index contributed by atoms with van der Waals surface area (Å²) in [4.78, 5) is 32.8. The summed E-state index contributed by atoms with van der Waals surface area (Å²) in [5.41, 5.74) is -1.16. The number of rotatable bonds is 10. The van der Waals surface area contributed by atoms with E-state index in [1.165, 1.54) is 13.8 Å². The Kier molecular flexibility index (Phi) is 9.26. The highest BCUT2D eigenvalue weighted by Gasteiger charge is 2.36. The Labute approximate surface area is 149 Å². The molecule has 25 heavy (non-hydrogen) atoms. The number of nitrogens with one attached hydrogen (secondary N) is 2. The molecule has 0 aromatic rings. The zero-order chi connectivity index (χ0) is 19.9. The zero-order valence-electron chi connectivity index (χ0n) is 15.8. The fourth-order valence-corrected chi connectivity index (χ4v) is 2.18. The van der Waals surface area contributed by atoms with Gasteiger partial charge in [-0.2, -0.15) is 0 Å². The predicted octanol–water partition coefficient (Wildman–Crippen LogP) is 0.806. The van der Waals surface area contributed by atoms with Crippen LogP contribution in [0.25, 0.3) is 0 Å². The van der Waals surface area contributed by atoms with Crippen molar-refractivity contribution in [3.05, 3.63) is 0 Å². The molecule has 0 rings (SSSR count). The number of hydrogen-bond acceptors (Lipinski definition) is 6. The van der Waals surface area contributed by atoms with Crippen molar-refractivity contribution >= 4 is 19.6 Å². The summed E-state index contributed by atoms with van der Waals surface area (Å²) in [6.07, 6.45) is -1.40. The summed E-state index contributed by atoms with van der Waals surface area (Å²) < 4.78 is 20.3. The average Bonchev–Trinajstić information content (AvgIpc) is 2.49. The summed E-state index contributed by atoms with van der Waals surface area (Å²) in [6.45, 7) is 9.20. The fraction of sp³-hybridized carbons (Fsp3) is 0.867. The van der Waals surface area contributed by atoms with Gasteiger partial charge < -0.3 is 20.6 Å². The largest absolute Gasteiger partial charge is 0.471 e. The van der Waals surface area contributed by atoms with E-state index in [1.54, 1.807) is 0 Å². The second-order valence-electron chi connectivity index (χ2n) is 7.69. The monoisotopic (exact) mass is 382 g/mol. The first-order valence-electron chi connectivity index (χ1n) is 7.96. The van der Waals surface area contributed by atoms with Gasteiger partial charge in [-0.15, -0.1) is 0 Å². The van der Waals surface area contributed by atoms with Crippen molar-refractivity contribution < 1.29 is 33.2 Å². The Bertz CT molecular complexity index is 503. The predicted molar refractivity (Wildman–Crippen MR) is 92.7 cm³/mol. The van der Waals surface area contributed by atoms with Crippen LogP contribution in [0.1, 0.15) is 41.0 Å². The lowest BCUT2D eigenvalue weighted by atomic mass is 9.87. The lowest BCUT2D eigenvalue weighted by Gasteiger charge is -2.29. The van der Waals surface area contributed by atoms with E-state index in [4.69, 9.17) is 4.52 Å². The van der Waals surface area contributed by atoms with Crippen LogP contribution in [-0.2, 0) is 23.2 Å². The molecule has 0 heterocycles. The molecular formula is C15H31N2O7P. The number of phosphoric acid groups is 1. The van der Waals surface area contributed by atoms with Crippen molar-refractivity contribution in [1.82, 2.24) is 10.6 Å². The minimum absolute atomic E-state index is 0.0343. The summed E-state index contributed by atoms with van der Waals surface area (Å²) in [5.74, 6) is -0.893. The maximum atomic E-state index is 12.0. The third-order valence-electron chi connectivity index (χ3n) is 3.29. The molecule has 10 heteroatoms. The summed E-state index contributed by atoms with van der Waals surface area (Å²) >= 11 is 0. The zero-order valence-corrected chi connectivity index (χ0v) is 16.7. The normalized spacial score (nSPS) is 16.0. The Hall–Kier alpha value is -0.990. The molecule has 0 fully saturated rings. The molecule has 0 aliphatic rings. The quantitative estimate of drug-likeness (QED) is 0.411. The van der Waals surface area contributed by atoms with Gasteiger partial charge in [0.25, 0.3) is 0 Å². The van der Waals surface area contributed by atoms with E-state index in [0.29, 0.717) is 6.54 Å². The van der Waals surface area contributed by atoms with E-state index in [-0.39, 0.29) is 30.9 Å². The van der Waals surface area contributed by atoms with Crippen LogP contribution in [0, 0.1) is 10.8 Å². The van der Waals surface area contributed by atoms with Crippen LogP contribution >= 0.6 is 7.82 Å². The van der Waals surface area contributed by atoms with Crippen LogP contribution in [-0.4, -0.2) is 54.7 Å². The van der Waals surface area contributed by atoms with Crippen molar-refractivity contribution in [1.29, 1.82) is 0 Å². The molecule has 0 aliphatic carbocycles. The molecule has 2 atom stereocenters. The maximum absolute atomic E-state index is 12.0. The lowest BCUT2D eigenvalue weighted by molar-refractivity contribution is -0.137. The minimum atomic E-state index is -4.19. The van der Waals surface area contributed by atoms with Crippen LogP contribution in [0.15, 0.2) is 0 Å². The van der Waals surface area contributed by atoms with Gasteiger partial charge in [0.2, 0.25) is 11.8 Å². The molecule has 0 aromatic carbocycles. The van der Waals surface area contributed by atoms with Gasteiger partial charge in [-0.1, -0.05) is 34.6 Å². The van der Waals surface area contributed by atoms with Crippen LogP contribution in [0.4, 0.5) is 0 Å². The first-order valence-corrected chi connectivity index (χ1v) is 9.45. The number of carbonyl (C=O) groups is 2. The highest BCUT2D eigenvalue weighted by Crippen LogP contribution is 2.43. The first-order chi connectivity index (χ1) is 11.2. The molecule has 0 bridgehead atoms. The van der Waals surface area contributed by atoms with E-state index in [9.17, 15) is 24.2 Å². The molecule has 148 valence electrons. The van der Waals surface area contributed by atoms with Gasteiger partial charge in [0.1, 0.15) is 6.10 Å². The Morgan fingerprint density at radius 3 is 2.20 bits per heavy atom. The summed E-state index contributed by atoms with van der Waals surface area (Å²) in [6, 6.07) is 0. The Morgan fingerprint density at radius 1 is 1.16 bits per heavy atom. The Balaban J connectivity index is 4.32. The van der Waals surface area contributed by atoms with Crippen LogP contribution in [0.5, 0.6) is 0 Å². The summed E-state index contributed by atoms with van der Waals surface area (Å²) in [5, 5.41) is 15.3. The van der Waals surface area contributed by atoms with Gasteiger partial charge in [0.05, 0.1) is 6.61 Å². The van der Waals surface area contributed by atoms with E-state index < -0.39 is 25.2 Å². The first kappa shape index (κ1) is 24.0. The van der Waals surface area contributed by atoms with Gasteiger partial charge in [0, 0.05) is 32.0 Å². The minimum Gasteiger partial charge on any atom is -0.383 e. The second-order valence-corrected chi connectivity index (χ2v) is 9.25. The van der Waals surface area contributed by atoms with Crippen molar-refractivity contribution in [2.75, 3.05) is 26.8 Å². The highest BCUT2D eigenvalue weighted by atomic mass is 31.2. The van der Waals surface area contributed by atoms with Gasteiger partial charge in [-0.3, -0.25) is 18.6 Å². The van der Waals surface area contributed by atoms with E-state index in [1.807, 2.05) is 20.8 Å². The lowest BCUT2D eigenvalue weighted by Crippen LogP contribution is -2.46. The number of hydrogen-bond donors (Lipinski definition) is 4. The second kappa shape index (κ2) is 9.64. The van der Waals surface area contributed by atoms with Gasteiger partial charge in [0.15, 0.2) is 0 Å². The van der Waals surface area contributed by atoms with Crippen LogP contribution in [0.2, 0.25) is 0 Å². The number of phosphoric ester groups is 1. The van der Waals surface area contributed by atoms with Gasteiger partial charge in [-0.05, 0) is 5.41 Å². The molecule has 0 saturated carbocycles. The molecule has 0 aromatic heterocycles. The molecule has 2 unspecified atom stereocenters. The van der Waals surface area contributed by atoms with Gasteiger partial charge in [-0.25, -0.2) is 4.57 Å². The van der Waals surface area contributed by atoms with Crippen molar-refractivity contribution in [3.8, 4) is 0 Å². The molecule has 0 saturated heterocycles. The average molecular weight is 382 g/mol. The third kappa shape index (κ3) is 10.6. The van der Waals surface area contributed by atoms with Crippen molar-refractivity contribution in [2.24, 2.45) is 10.8 Å². The molecule has 2 amide bonds. The maximum Gasteiger partial charge on any atom is 0.471 e. The smallest absolute Gasteiger partial charge is 0.383 e. The molecule has 0 spiro atoms. The molecule has 9 nitrogen and oxygen atoms in total. The molecule has 4 N–H and O–H groups in total. The van der Waals surface area contributed by atoms with E-state index in [0.717, 1.165) is 7.11 Å². The van der Waals surface area contributed by atoms with Crippen LogP contribution in [0.3, 0.4) is 0 Å². The SMILES string of the molecule is COP(=O)(O)OCC(C)(C)C(O)C(=O)NCCC(=O)NCC(C)(C)C. The van der Waals surface area contributed by atoms with E-state index >= 15 is 0 Å². The highest BCUT2D eigenvalue weighted by molar-refractivity contribution is 7.47. The van der Waals surface area contributed by atoms with Crippen LogP contribution < -0.4 is 10.6 Å². The standard InChI is InChI=1S/C15H31N2O7P/c1-14(2,3)9-17-11(18)7-8-16-13(20)12(19)15(4,5)10-24-25(21,22)23-6/h12,19H,7-10H2,1-6H3,(H,16,20)(H,17,18)(H,21,22). The topological polar surface area (TPSA) is 134 Å². The number of aliphatic hydroxyl groups excluding tert-OH is 1. The molecule has 0 aliphatic heterocycles. The fourth-order valence-electron chi connectivity index (χ4n) is 1.58. The van der Waals surface area contributed by atoms with E-state index in [2.05, 4.69) is 15.2 Å². The Morgan fingerprint density at radius 2 is 1.72 bits per heavy atom. The van der Waals surface area contributed by atoms with Crippen molar-refractivity contribution in [3.63, 3.8) is 0 Å². The molecular weight excluding hydrogens is 351 g/mol. The summed E-state index contributed by atoms with van der Waals surface area (Å²) in [7, 11) is -3.18. The number of aliphatic hydroxyl groups is 1. The van der Waals surface area contributed by atoms with Crippen molar-refractivity contribution in [2.45, 2.75) is 47.1 Å². The van der Waals surface area contributed by atoms with Gasteiger partial charge >= 0.3 is 7.82 Å². The third-order valence-corrected chi connectivity index (χ3v) is 4.20. The molecule has 0 radical (unpaired) electrons. The number of carbonyl (C=O) groups excluding carboxylic acids is 2. The number of amides is 2.